The van der Waals surface area contributed by atoms with Gasteiger partial charge in [0.15, 0.2) is 11.5 Å². The zero-order valence-electron chi connectivity index (χ0n) is 21.7. The van der Waals surface area contributed by atoms with Crippen LogP contribution in [-0.4, -0.2) is 55.7 Å². The molecule has 1 aromatic rings. The van der Waals surface area contributed by atoms with Crippen molar-refractivity contribution in [3.63, 3.8) is 0 Å². The predicted octanol–water partition coefficient (Wildman–Crippen LogP) is 3.93. The normalized spacial score (nSPS) is 13.2. The second-order valence-electron chi connectivity index (χ2n) is 8.43. The third-order valence-electron chi connectivity index (χ3n) is 4.74. The Hall–Kier alpha value is -3.34. The molecule has 0 aliphatic rings. The van der Waals surface area contributed by atoms with E-state index < -0.39 is 42.5 Å². The van der Waals surface area contributed by atoms with Crippen LogP contribution in [-0.2, 0) is 35.0 Å². The van der Waals surface area contributed by atoms with Crippen molar-refractivity contribution in [3.8, 4) is 11.5 Å². The highest BCUT2D eigenvalue weighted by Crippen LogP contribution is 2.30. The van der Waals surface area contributed by atoms with Crippen LogP contribution in [0.3, 0.4) is 0 Å². The number of carbonyl (C=O) groups is 4. The van der Waals surface area contributed by atoms with Gasteiger partial charge in [0.05, 0.1) is 19.1 Å². The Morgan fingerprint density at radius 2 is 1.28 bits per heavy atom. The molecule has 2 N–H and O–H groups in total. The van der Waals surface area contributed by atoms with Crippen molar-refractivity contribution in [1.29, 1.82) is 0 Å². The van der Waals surface area contributed by atoms with Gasteiger partial charge in [0.2, 0.25) is 0 Å². The predicted molar refractivity (Wildman–Crippen MR) is 129 cm³/mol. The lowest BCUT2D eigenvalue weighted by Gasteiger charge is -2.23. The van der Waals surface area contributed by atoms with Gasteiger partial charge >= 0.3 is 24.2 Å². The zero-order chi connectivity index (χ0) is 27.3. The molecule has 0 aliphatic carbocycles. The van der Waals surface area contributed by atoms with Crippen molar-refractivity contribution in [2.75, 3.05) is 13.2 Å². The second-order valence-corrected chi connectivity index (χ2v) is 8.43. The standard InChI is InChI=1S/C25H37NO10/c1-7-11-31-24(29)35-20-10-9-18(14-21(20)36-25(30)32-12-8-2)13-19(26)23(28)34-17(6)16(5)33-22(27)15(3)4/h9-10,14-17,19H,7-8,11-13,26H2,1-6H3/t16-,17-,19-/m0/s1. The molecule has 3 atom stereocenters. The Balaban J connectivity index is 2.90. The molecule has 0 radical (unpaired) electrons. The average Bonchev–Trinajstić information content (AvgIpc) is 2.82. The quantitative estimate of drug-likeness (QED) is 0.233. The molecule has 11 heteroatoms. The van der Waals surface area contributed by atoms with Gasteiger partial charge in [0, 0.05) is 0 Å². The molecular weight excluding hydrogens is 474 g/mol. The third kappa shape index (κ3) is 10.9. The van der Waals surface area contributed by atoms with E-state index in [1.165, 1.54) is 12.1 Å². The van der Waals surface area contributed by atoms with Crippen LogP contribution in [0, 0.1) is 5.92 Å². The Morgan fingerprint density at radius 3 is 1.78 bits per heavy atom. The van der Waals surface area contributed by atoms with Crippen molar-refractivity contribution in [2.24, 2.45) is 11.7 Å². The number of nitrogens with two attached hydrogens (primary N) is 1. The lowest BCUT2D eigenvalue weighted by Crippen LogP contribution is -2.39. The van der Waals surface area contributed by atoms with E-state index >= 15 is 0 Å². The minimum Gasteiger partial charge on any atom is -0.459 e. The van der Waals surface area contributed by atoms with Crippen LogP contribution in [0.5, 0.6) is 11.5 Å². The SMILES string of the molecule is CCCOC(=O)Oc1ccc(C[C@H](N)C(=O)O[C@@H](C)[C@H](C)OC(=O)C(C)C)cc1OC(=O)OCCC. The first-order chi connectivity index (χ1) is 17.0. The van der Waals surface area contributed by atoms with Crippen LogP contribution in [0.1, 0.15) is 59.9 Å². The van der Waals surface area contributed by atoms with E-state index in [1.807, 2.05) is 13.8 Å². The van der Waals surface area contributed by atoms with E-state index in [1.54, 1.807) is 33.8 Å². The maximum absolute atomic E-state index is 12.5. The van der Waals surface area contributed by atoms with Crippen molar-refractivity contribution >= 4 is 24.2 Å². The summed E-state index contributed by atoms with van der Waals surface area (Å²) in [5.41, 5.74) is 6.52. The number of esters is 2. The fourth-order valence-corrected chi connectivity index (χ4v) is 2.57. The third-order valence-corrected chi connectivity index (χ3v) is 4.74. The molecule has 202 valence electrons. The van der Waals surface area contributed by atoms with E-state index in [0.29, 0.717) is 18.4 Å². The Labute approximate surface area is 211 Å². The average molecular weight is 512 g/mol. The molecule has 0 aromatic heterocycles. The summed E-state index contributed by atoms with van der Waals surface area (Å²) in [6, 6.07) is 3.27. The molecule has 0 aliphatic heterocycles. The fourth-order valence-electron chi connectivity index (χ4n) is 2.57. The molecule has 0 saturated carbocycles. The number of ether oxygens (including phenoxy) is 6. The molecule has 36 heavy (non-hydrogen) atoms. The van der Waals surface area contributed by atoms with Crippen molar-refractivity contribution in [3.05, 3.63) is 23.8 Å². The van der Waals surface area contributed by atoms with Gasteiger partial charge in [-0.05, 0) is 50.8 Å². The summed E-state index contributed by atoms with van der Waals surface area (Å²) < 4.78 is 30.7. The highest BCUT2D eigenvalue weighted by molar-refractivity contribution is 5.76. The number of rotatable bonds is 13. The summed E-state index contributed by atoms with van der Waals surface area (Å²) in [6.45, 7) is 10.6. The minimum absolute atomic E-state index is 0.0205. The number of hydrogen-bond donors (Lipinski definition) is 1. The fraction of sp³-hybridized carbons (Fsp3) is 0.600. The summed E-state index contributed by atoms with van der Waals surface area (Å²) in [5, 5.41) is 0. The first-order valence-corrected chi connectivity index (χ1v) is 12.0. The van der Waals surface area contributed by atoms with Crippen LogP contribution in [0.2, 0.25) is 0 Å². The van der Waals surface area contributed by atoms with Gasteiger partial charge in [-0.1, -0.05) is 33.8 Å². The smallest absolute Gasteiger partial charge is 0.459 e. The first-order valence-electron chi connectivity index (χ1n) is 12.0. The Morgan fingerprint density at radius 1 is 0.778 bits per heavy atom. The Bertz CT molecular complexity index is 886. The van der Waals surface area contributed by atoms with E-state index in [0.717, 1.165) is 0 Å². The number of carbonyl (C=O) groups excluding carboxylic acids is 4. The van der Waals surface area contributed by atoms with Gasteiger partial charge < -0.3 is 34.2 Å². The van der Waals surface area contributed by atoms with Crippen LogP contribution >= 0.6 is 0 Å². The summed E-state index contributed by atoms with van der Waals surface area (Å²) >= 11 is 0. The highest BCUT2D eigenvalue weighted by atomic mass is 16.7. The molecule has 0 bridgehead atoms. The molecular formula is C25H37NO10. The largest absolute Gasteiger partial charge is 0.513 e. The number of hydrogen-bond acceptors (Lipinski definition) is 11. The summed E-state index contributed by atoms with van der Waals surface area (Å²) in [7, 11) is 0. The monoisotopic (exact) mass is 511 g/mol. The molecule has 0 saturated heterocycles. The van der Waals surface area contributed by atoms with Gasteiger partial charge in [-0.2, -0.15) is 0 Å². The lowest BCUT2D eigenvalue weighted by molar-refractivity contribution is -0.168. The van der Waals surface area contributed by atoms with Gasteiger partial charge in [0.1, 0.15) is 18.2 Å². The molecule has 1 rings (SSSR count). The molecule has 0 amide bonds. The van der Waals surface area contributed by atoms with Crippen LogP contribution < -0.4 is 15.2 Å². The van der Waals surface area contributed by atoms with E-state index in [-0.39, 0.29) is 37.1 Å². The summed E-state index contributed by atoms with van der Waals surface area (Å²) in [6.07, 6.45) is -2.11. The molecule has 0 heterocycles. The van der Waals surface area contributed by atoms with Crippen molar-refractivity contribution < 1.29 is 47.6 Å². The Kier molecular flexibility index (Phi) is 13.3. The molecule has 0 fully saturated rings. The van der Waals surface area contributed by atoms with E-state index in [2.05, 4.69) is 0 Å². The second kappa shape index (κ2) is 15.6. The maximum Gasteiger partial charge on any atom is 0.513 e. The van der Waals surface area contributed by atoms with Gasteiger partial charge in [-0.3, -0.25) is 9.59 Å². The van der Waals surface area contributed by atoms with E-state index in [9.17, 15) is 19.2 Å². The van der Waals surface area contributed by atoms with Crippen molar-refractivity contribution in [1.82, 2.24) is 0 Å². The molecule has 0 unspecified atom stereocenters. The maximum atomic E-state index is 12.5. The summed E-state index contributed by atoms with van der Waals surface area (Å²) in [4.78, 5) is 48.1. The van der Waals surface area contributed by atoms with Crippen molar-refractivity contribution in [2.45, 2.75) is 79.1 Å². The van der Waals surface area contributed by atoms with Gasteiger partial charge in [0.25, 0.3) is 0 Å². The van der Waals surface area contributed by atoms with Crippen LogP contribution in [0.4, 0.5) is 9.59 Å². The lowest BCUT2D eigenvalue weighted by atomic mass is 10.1. The number of benzene rings is 1. The topological polar surface area (TPSA) is 150 Å². The van der Waals surface area contributed by atoms with Gasteiger partial charge in [-0.25, -0.2) is 9.59 Å². The van der Waals surface area contributed by atoms with Gasteiger partial charge in [-0.15, -0.1) is 0 Å². The minimum atomic E-state index is -1.07. The van der Waals surface area contributed by atoms with E-state index in [4.69, 9.17) is 34.2 Å². The van der Waals surface area contributed by atoms with Crippen LogP contribution in [0.15, 0.2) is 18.2 Å². The van der Waals surface area contributed by atoms with Crippen LogP contribution in [0.25, 0.3) is 0 Å². The molecule has 0 spiro atoms. The molecule has 11 nitrogen and oxygen atoms in total. The first kappa shape index (κ1) is 30.7. The zero-order valence-corrected chi connectivity index (χ0v) is 21.7. The summed E-state index contributed by atoms with van der Waals surface area (Å²) in [5.74, 6) is -1.60. The highest BCUT2D eigenvalue weighted by Gasteiger charge is 2.25. The molecule has 1 aromatic carbocycles.